The normalized spacial score (nSPS) is 18.5. The third kappa shape index (κ3) is 1.44. The van der Waals surface area contributed by atoms with Gasteiger partial charge >= 0.3 is 0 Å². The number of carbonyl (C=O) groups excluding carboxylic acids is 1. The maximum Gasteiger partial charge on any atom is 0.270 e. The second kappa shape index (κ2) is 4.25. The second-order valence-electron chi connectivity index (χ2n) is 3.94. The molecule has 0 saturated heterocycles. The minimum Gasteiger partial charge on any atom is -0.289 e. The fourth-order valence-corrected chi connectivity index (χ4v) is 3.36. The molecule has 0 fully saturated rings. The maximum absolute atomic E-state index is 12.3. The number of aryl methyl sites for hydroxylation is 2. The van der Waals surface area contributed by atoms with Crippen LogP contribution in [0, 0.1) is 31.8 Å². The largest absolute Gasteiger partial charge is 0.289 e. The summed E-state index contributed by atoms with van der Waals surface area (Å²) in [6.07, 6.45) is 1.68. The molecule has 0 spiro atoms. The predicted molar refractivity (Wildman–Crippen MR) is 71.0 cm³/mol. The zero-order valence-electron chi connectivity index (χ0n) is 10.3. The van der Waals surface area contributed by atoms with Gasteiger partial charge < -0.3 is 0 Å². The molecule has 0 aliphatic heterocycles. The minimum atomic E-state index is -0.0687. The summed E-state index contributed by atoms with van der Waals surface area (Å²) >= 11 is 1.54. The molecule has 0 radical (unpaired) electrons. The van der Waals surface area contributed by atoms with E-state index in [0.717, 1.165) is 15.3 Å². The molecule has 3 nitrogen and oxygen atoms in total. The highest BCUT2D eigenvalue weighted by molar-refractivity contribution is 7.12. The van der Waals surface area contributed by atoms with E-state index < -0.39 is 0 Å². The lowest BCUT2D eigenvalue weighted by Gasteiger charge is -2.01. The van der Waals surface area contributed by atoms with Crippen molar-refractivity contribution >= 4 is 22.7 Å². The molecular formula is C14H10N2OS. The van der Waals surface area contributed by atoms with Crippen LogP contribution in [0.15, 0.2) is 17.3 Å². The van der Waals surface area contributed by atoms with Gasteiger partial charge in [-0.3, -0.25) is 4.79 Å². The van der Waals surface area contributed by atoms with Crippen molar-refractivity contribution in [1.82, 2.24) is 0 Å². The van der Waals surface area contributed by atoms with Gasteiger partial charge in [-0.1, -0.05) is 6.08 Å². The number of ketones is 1. The Morgan fingerprint density at radius 3 is 2.50 bits per heavy atom. The van der Waals surface area contributed by atoms with Gasteiger partial charge in [-0.2, -0.15) is 0 Å². The first-order valence-electron chi connectivity index (χ1n) is 5.40. The first kappa shape index (κ1) is 12.3. The van der Waals surface area contributed by atoms with Gasteiger partial charge in [0.05, 0.1) is 12.6 Å². The molecule has 1 aliphatic rings. The number of nitrogens with zero attached hydrogens (tertiary/aromatic N) is 2. The Hall–Kier alpha value is -2.17. The molecule has 1 aromatic heterocycles. The highest BCUT2D eigenvalue weighted by Crippen LogP contribution is 2.45. The van der Waals surface area contributed by atoms with Crippen LogP contribution in [-0.2, 0) is 0 Å². The van der Waals surface area contributed by atoms with Crippen LogP contribution in [0.1, 0.15) is 32.6 Å². The van der Waals surface area contributed by atoms with Crippen molar-refractivity contribution in [3.05, 3.63) is 49.6 Å². The van der Waals surface area contributed by atoms with Gasteiger partial charge in [-0.15, -0.1) is 11.3 Å². The van der Waals surface area contributed by atoms with E-state index in [-0.39, 0.29) is 11.5 Å². The fourth-order valence-electron chi connectivity index (χ4n) is 2.30. The third-order valence-corrected chi connectivity index (χ3v) is 4.02. The van der Waals surface area contributed by atoms with E-state index >= 15 is 0 Å². The van der Waals surface area contributed by atoms with E-state index in [9.17, 15) is 4.79 Å². The second-order valence-corrected chi connectivity index (χ2v) is 5.37. The molecule has 1 heterocycles. The maximum atomic E-state index is 12.3. The van der Waals surface area contributed by atoms with E-state index in [1.165, 1.54) is 11.3 Å². The number of allylic oxidation sites excluding steroid dienone is 4. The molecular weight excluding hydrogens is 244 g/mol. The summed E-state index contributed by atoms with van der Waals surface area (Å²) in [5, 5.41) is 9.05. The zero-order chi connectivity index (χ0) is 13.4. The van der Waals surface area contributed by atoms with Gasteiger partial charge in [0.25, 0.3) is 5.70 Å². The van der Waals surface area contributed by atoms with Crippen LogP contribution in [0.2, 0.25) is 0 Å². The van der Waals surface area contributed by atoms with Gasteiger partial charge in [-0.05, 0) is 26.3 Å². The smallest absolute Gasteiger partial charge is 0.270 e. The molecule has 0 amide bonds. The Labute approximate surface area is 109 Å². The molecule has 0 N–H and O–H groups in total. The van der Waals surface area contributed by atoms with Crippen molar-refractivity contribution in [2.45, 2.75) is 20.8 Å². The van der Waals surface area contributed by atoms with Gasteiger partial charge in [0.2, 0.25) is 0 Å². The van der Waals surface area contributed by atoms with Crippen LogP contribution < -0.4 is 0 Å². The average Bonchev–Trinajstić information content (AvgIpc) is 2.79. The number of fused-ring (bicyclic) bond motifs is 1. The number of rotatable bonds is 0. The van der Waals surface area contributed by atoms with Gasteiger partial charge in [-0.25, -0.2) is 10.1 Å². The highest BCUT2D eigenvalue weighted by Gasteiger charge is 2.35. The van der Waals surface area contributed by atoms with Crippen molar-refractivity contribution in [3.63, 3.8) is 0 Å². The van der Waals surface area contributed by atoms with Crippen LogP contribution in [0.25, 0.3) is 10.4 Å². The zero-order valence-corrected chi connectivity index (χ0v) is 11.1. The lowest BCUT2D eigenvalue weighted by Crippen LogP contribution is -1.96. The lowest BCUT2D eigenvalue weighted by atomic mass is 10.0. The Balaban J connectivity index is 2.94. The van der Waals surface area contributed by atoms with Crippen molar-refractivity contribution in [3.8, 4) is 6.07 Å². The summed E-state index contributed by atoms with van der Waals surface area (Å²) in [4.78, 5) is 17.5. The molecule has 88 valence electrons. The average molecular weight is 254 g/mol. The van der Waals surface area contributed by atoms with Crippen molar-refractivity contribution in [2.24, 2.45) is 0 Å². The molecule has 4 heteroatoms. The van der Waals surface area contributed by atoms with E-state index in [1.807, 2.05) is 19.9 Å². The molecule has 2 rings (SSSR count). The molecule has 18 heavy (non-hydrogen) atoms. The summed E-state index contributed by atoms with van der Waals surface area (Å²) in [5.74, 6) is -0.0687. The highest BCUT2D eigenvalue weighted by atomic mass is 32.1. The Bertz CT molecular complexity index is 689. The van der Waals surface area contributed by atoms with Crippen molar-refractivity contribution in [2.75, 3.05) is 0 Å². The summed E-state index contributed by atoms with van der Waals surface area (Å²) in [6, 6.07) is 1.89. The van der Waals surface area contributed by atoms with E-state index in [4.69, 9.17) is 11.8 Å². The fraction of sp³-hybridized carbons (Fsp3) is 0.214. The standard InChI is InChI=1S/C14H10N2OS/c1-5-9-13(10(6-15)16-4)11-7(2)18-8(3)12(11)14(9)17/h5H,1-3H3/b9-5-,13-10+. The van der Waals surface area contributed by atoms with Gasteiger partial charge in [0.1, 0.15) is 0 Å². The predicted octanol–water partition coefficient (Wildman–Crippen LogP) is 3.66. The number of nitriles is 1. The van der Waals surface area contributed by atoms with Crippen LogP contribution in [0.5, 0.6) is 0 Å². The Kier molecular flexibility index (Phi) is 2.90. The molecule has 0 aromatic carbocycles. The van der Waals surface area contributed by atoms with Gasteiger partial charge in [0.15, 0.2) is 5.78 Å². The molecule has 0 atom stereocenters. The molecule has 1 aromatic rings. The third-order valence-electron chi connectivity index (χ3n) is 2.99. The quantitative estimate of drug-likeness (QED) is 0.403. The lowest BCUT2D eigenvalue weighted by molar-refractivity contribution is 0.104. The summed E-state index contributed by atoms with van der Waals surface area (Å²) in [7, 11) is 0. The SMILES string of the molecule is [C-]#[N+]/C(C#N)=C1\C(=C\C)C(=O)c2c(C)sc(C)c21. The van der Waals surface area contributed by atoms with E-state index in [0.29, 0.717) is 16.7 Å². The van der Waals surface area contributed by atoms with Crippen LogP contribution in [0.4, 0.5) is 0 Å². The number of thiophene rings is 1. The van der Waals surface area contributed by atoms with Crippen molar-refractivity contribution in [1.29, 1.82) is 5.26 Å². The van der Waals surface area contributed by atoms with Crippen molar-refractivity contribution < 1.29 is 4.79 Å². The van der Waals surface area contributed by atoms with Crippen LogP contribution in [-0.4, -0.2) is 5.78 Å². The van der Waals surface area contributed by atoms with E-state index in [1.54, 1.807) is 13.0 Å². The number of hydrogen-bond acceptors (Lipinski definition) is 3. The molecule has 1 aliphatic carbocycles. The molecule has 0 bridgehead atoms. The first-order chi connectivity index (χ1) is 8.56. The monoisotopic (exact) mass is 254 g/mol. The van der Waals surface area contributed by atoms with Gasteiger partial charge in [0, 0.05) is 26.5 Å². The Morgan fingerprint density at radius 2 is 2.00 bits per heavy atom. The summed E-state index contributed by atoms with van der Waals surface area (Å²) in [6.45, 7) is 12.7. The minimum absolute atomic E-state index is 0.00361. The summed E-state index contributed by atoms with van der Waals surface area (Å²) < 4.78 is 0. The number of hydrogen-bond donors (Lipinski definition) is 0. The summed E-state index contributed by atoms with van der Waals surface area (Å²) in [5.41, 5.74) is 2.43. The topological polar surface area (TPSA) is 45.2 Å². The molecule has 0 unspecified atom stereocenters. The van der Waals surface area contributed by atoms with Crippen LogP contribution >= 0.6 is 11.3 Å². The molecule has 0 saturated carbocycles. The number of carbonyl (C=O) groups is 1. The Morgan fingerprint density at radius 1 is 1.39 bits per heavy atom. The number of Topliss-reactive ketones (excluding diaryl/α,β-unsaturated/α-hetero) is 1. The van der Waals surface area contributed by atoms with E-state index in [2.05, 4.69) is 4.85 Å². The van der Waals surface area contributed by atoms with Crippen LogP contribution in [0.3, 0.4) is 0 Å². The first-order valence-corrected chi connectivity index (χ1v) is 6.22.